The lowest BCUT2D eigenvalue weighted by molar-refractivity contribution is -0.870. The van der Waals surface area contributed by atoms with Crippen LogP contribution in [0, 0.1) is 0 Å². The van der Waals surface area contributed by atoms with E-state index in [9.17, 15) is 19.0 Å². The number of rotatable bonds is 47. The van der Waals surface area contributed by atoms with Gasteiger partial charge in [-0.3, -0.25) is 18.6 Å². The van der Waals surface area contributed by atoms with E-state index < -0.39 is 20.0 Å². The highest BCUT2D eigenvalue weighted by Crippen LogP contribution is 2.43. The summed E-state index contributed by atoms with van der Waals surface area (Å²) in [5.41, 5.74) is 0. The Labute approximate surface area is 412 Å². The Morgan fingerprint density at radius 1 is 0.537 bits per heavy atom. The molecule has 0 saturated heterocycles. The fourth-order valence-electron chi connectivity index (χ4n) is 7.20. The normalized spacial score (nSPS) is 14.6. The molecule has 0 aromatic rings. The number of ether oxygens (including phenoxy) is 1. The van der Waals surface area contributed by atoms with E-state index in [-0.39, 0.29) is 31.5 Å². The lowest BCUT2D eigenvalue weighted by Gasteiger charge is -2.27. The number of carbonyl (C=O) groups is 2. The van der Waals surface area contributed by atoms with E-state index in [0.29, 0.717) is 30.3 Å². The maximum Gasteiger partial charge on any atom is 0.472 e. The van der Waals surface area contributed by atoms with Crippen LogP contribution in [0.25, 0.3) is 0 Å². The number of allylic oxidation sites excluding steroid dienone is 13. The van der Waals surface area contributed by atoms with Crippen LogP contribution in [0.5, 0.6) is 0 Å². The summed E-state index contributed by atoms with van der Waals surface area (Å²) in [6, 6.07) is -0.871. The van der Waals surface area contributed by atoms with E-state index in [2.05, 4.69) is 99.0 Å². The SMILES string of the molecule is CC/C=C/C/C=C/C/C=C/CCCCCCC(=O)NC(COP(=O)(O)OCC[N+](C)(C)C)C(/C=C/CCCCCCCCCCCCC)OC(=O)CCCCCC/C=C/C/C=C/C/C=C/CC. The number of nitrogens with one attached hydrogen (secondary N) is 1. The van der Waals surface area contributed by atoms with Crippen molar-refractivity contribution >= 4 is 19.7 Å². The van der Waals surface area contributed by atoms with Crippen molar-refractivity contribution in [2.75, 3.05) is 40.9 Å². The van der Waals surface area contributed by atoms with E-state index in [1.165, 1.54) is 57.8 Å². The number of hydrogen-bond donors (Lipinski definition) is 2. The minimum Gasteiger partial charge on any atom is -0.456 e. The summed E-state index contributed by atoms with van der Waals surface area (Å²) in [6.07, 6.45) is 60.1. The number of amides is 1. The van der Waals surface area contributed by atoms with Crippen LogP contribution in [0.15, 0.2) is 85.1 Å². The molecule has 0 radical (unpaired) electrons. The van der Waals surface area contributed by atoms with Crippen LogP contribution in [0.4, 0.5) is 0 Å². The van der Waals surface area contributed by atoms with Crippen LogP contribution in [0.2, 0.25) is 0 Å². The van der Waals surface area contributed by atoms with Gasteiger partial charge in [-0.25, -0.2) is 4.57 Å². The van der Waals surface area contributed by atoms with Crippen molar-refractivity contribution in [1.29, 1.82) is 0 Å². The third-order valence-corrected chi connectivity index (χ3v) is 12.3. The number of unbranched alkanes of at least 4 members (excludes halogenated alkanes) is 19. The first kappa shape index (κ1) is 64.2. The van der Waals surface area contributed by atoms with Crippen molar-refractivity contribution in [2.24, 2.45) is 0 Å². The fourth-order valence-corrected chi connectivity index (χ4v) is 7.94. The Balaban J connectivity index is 5.51. The molecule has 3 atom stereocenters. The molecule has 2 N–H and O–H groups in total. The molecule has 0 aliphatic rings. The van der Waals surface area contributed by atoms with Gasteiger partial charge in [-0.05, 0) is 96.0 Å². The predicted octanol–water partition coefficient (Wildman–Crippen LogP) is 15.9. The van der Waals surface area contributed by atoms with Gasteiger partial charge in [0.05, 0.1) is 33.8 Å². The van der Waals surface area contributed by atoms with E-state index in [0.717, 1.165) is 109 Å². The summed E-state index contributed by atoms with van der Waals surface area (Å²) < 4.78 is 30.5. The van der Waals surface area contributed by atoms with Crippen LogP contribution < -0.4 is 5.32 Å². The van der Waals surface area contributed by atoms with Gasteiger partial charge in [0.15, 0.2) is 0 Å². The van der Waals surface area contributed by atoms with Gasteiger partial charge in [-0.1, -0.05) is 190 Å². The molecule has 0 fully saturated rings. The number of esters is 1. The van der Waals surface area contributed by atoms with Gasteiger partial charge in [-0.2, -0.15) is 0 Å². The molecule has 67 heavy (non-hydrogen) atoms. The quantitative estimate of drug-likeness (QED) is 0.0205. The predicted molar refractivity (Wildman–Crippen MR) is 286 cm³/mol. The topological polar surface area (TPSA) is 111 Å². The van der Waals surface area contributed by atoms with Gasteiger partial charge < -0.3 is 19.4 Å². The van der Waals surface area contributed by atoms with Crippen LogP contribution in [-0.2, 0) is 27.9 Å². The molecule has 9 nitrogen and oxygen atoms in total. The van der Waals surface area contributed by atoms with Gasteiger partial charge in [-0.15, -0.1) is 0 Å². The summed E-state index contributed by atoms with van der Waals surface area (Å²) in [6.45, 7) is 6.73. The molecule has 0 heterocycles. The molecule has 0 rings (SSSR count). The lowest BCUT2D eigenvalue weighted by atomic mass is 10.0. The van der Waals surface area contributed by atoms with E-state index in [1.807, 2.05) is 33.3 Å². The third kappa shape index (κ3) is 48.0. The molecule has 0 spiro atoms. The van der Waals surface area contributed by atoms with Gasteiger partial charge in [0.25, 0.3) is 0 Å². The Bertz CT molecular complexity index is 1430. The first-order valence-electron chi connectivity index (χ1n) is 26.9. The van der Waals surface area contributed by atoms with Crippen LogP contribution in [-0.4, -0.2) is 74.3 Å². The third-order valence-electron chi connectivity index (χ3n) is 11.3. The fraction of sp³-hybridized carbons (Fsp3) is 0.719. The number of carbonyl (C=O) groups excluding carboxylic acids is 2. The van der Waals surface area contributed by atoms with Gasteiger partial charge in [0, 0.05) is 12.8 Å². The average Bonchev–Trinajstić information content (AvgIpc) is 3.28. The van der Waals surface area contributed by atoms with Gasteiger partial charge >= 0.3 is 13.8 Å². The second-order valence-corrected chi connectivity index (χ2v) is 20.4. The van der Waals surface area contributed by atoms with Gasteiger partial charge in [0.1, 0.15) is 19.3 Å². The highest BCUT2D eigenvalue weighted by molar-refractivity contribution is 7.47. The second-order valence-electron chi connectivity index (χ2n) is 19.0. The van der Waals surface area contributed by atoms with Crippen LogP contribution >= 0.6 is 7.82 Å². The number of phosphoric acid groups is 1. The Morgan fingerprint density at radius 3 is 1.43 bits per heavy atom. The van der Waals surface area contributed by atoms with E-state index in [1.54, 1.807) is 0 Å². The standard InChI is InChI=1S/C57H101N2O7P/c1-7-10-13-16-19-22-25-28-31-34-37-40-43-46-49-56(60)58-54(53-65-67(62,63)64-52-51-59(4,5)6)55(48-45-42-39-36-33-30-27-24-21-18-15-12-9-3)66-57(61)50-47-44-41-38-35-32-29-26-23-20-17-14-11-8-2/h10-11,13-14,19-20,22-23,28-29,31-32,45,48,54-55H,7-9,12,15-18,21,24-27,30,33-44,46-47,49-53H2,1-6H3,(H-,58,60,62,63)/p+1/b13-10+,14-11+,22-19+,23-20+,31-28+,32-29+,48-45+. The van der Waals surface area contributed by atoms with Crippen LogP contribution in [0.1, 0.15) is 213 Å². The molecule has 10 heteroatoms. The molecule has 0 aromatic heterocycles. The summed E-state index contributed by atoms with van der Waals surface area (Å²) in [5, 5.41) is 3.02. The summed E-state index contributed by atoms with van der Waals surface area (Å²) in [5.74, 6) is -0.563. The average molecular weight is 958 g/mol. The van der Waals surface area contributed by atoms with Crippen LogP contribution in [0.3, 0.4) is 0 Å². The Morgan fingerprint density at radius 2 is 0.955 bits per heavy atom. The first-order valence-corrected chi connectivity index (χ1v) is 28.4. The van der Waals surface area contributed by atoms with E-state index in [4.69, 9.17) is 13.8 Å². The van der Waals surface area contributed by atoms with Crippen molar-refractivity contribution in [2.45, 2.75) is 226 Å². The molecule has 0 saturated carbocycles. The molecule has 0 aromatic carbocycles. The Hall–Kier alpha value is -2.81. The van der Waals surface area contributed by atoms with Crippen molar-refractivity contribution in [1.82, 2.24) is 5.32 Å². The van der Waals surface area contributed by atoms with Crippen molar-refractivity contribution < 1.29 is 37.3 Å². The molecule has 0 aliphatic heterocycles. The molecular weight excluding hydrogens is 856 g/mol. The zero-order valence-electron chi connectivity index (χ0n) is 43.9. The smallest absolute Gasteiger partial charge is 0.456 e. The molecule has 0 aliphatic carbocycles. The molecule has 0 bridgehead atoms. The molecule has 386 valence electrons. The Kier molecular flexibility index (Phi) is 44.9. The summed E-state index contributed by atoms with van der Waals surface area (Å²) in [7, 11) is 1.45. The van der Waals surface area contributed by atoms with Gasteiger partial charge in [0.2, 0.25) is 5.91 Å². The minimum atomic E-state index is -4.46. The van der Waals surface area contributed by atoms with Crippen molar-refractivity contribution in [3.05, 3.63) is 85.1 Å². The number of quaternary nitrogens is 1. The highest BCUT2D eigenvalue weighted by atomic mass is 31.2. The second kappa shape index (κ2) is 46.9. The summed E-state index contributed by atoms with van der Waals surface area (Å²) >= 11 is 0. The monoisotopic (exact) mass is 958 g/mol. The molecule has 1 amide bonds. The molecule has 3 unspecified atom stereocenters. The summed E-state index contributed by atoms with van der Waals surface area (Å²) in [4.78, 5) is 37.5. The highest BCUT2D eigenvalue weighted by Gasteiger charge is 2.30. The lowest BCUT2D eigenvalue weighted by Crippen LogP contribution is -2.47. The van der Waals surface area contributed by atoms with E-state index >= 15 is 0 Å². The maximum atomic E-state index is 13.4. The first-order chi connectivity index (χ1) is 32.4. The maximum absolute atomic E-state index is 13.4. The molecular formula is C57H102N2O7P+. The zero-order chi connectivity index (χ0) is 49.4. The number of nitrogens with zero attached hydrogens (tertiary/aromatic N) is 1. The minimum absolute atomic E-state index is 0.0280. The number of hydrogen-bond acceptors (Lipinski definition) is 6. The van der Waals surface area contributed by atoms with Crippen molar-refractivity contribution in [3.8, 4) is 0 Å². The van der Waals surface area contributed by atoms with Crippen molar-refractivity contribution in [3.63, 3.8) is 0 Å². The largest absolute Gasteiger partial charge is 0.472 e. The number of phosphoric ester groups is 1. The number of likely N-dealkylation sites (N-methyl/N-ethyl adjacent to an activating group) is 1. The zero-order valence-corrected chi connectivity index (χ0v) is 44.8.